The number of rotatable bonds is 11. The summed E-state index contributed by atoms with van der Waals surface area (Å²) in [5.74, 6) is 0.219. The molecule has 2 aromatic rings. The van der Waals surface area contributed by atoms with Crippen molar-refractivity contribution in [2.24, 2.45) is 5.92 Å². The number of urea groups is 1. The molecule has 0 spiro atoms. The van der Waals surface area contributed by atoms with E-state index in [0.29, 0.717) is 19.0 Å². The Balaban J connectivity index is 2.06. The van der Waals surface area contributed by atoms with E-state index >= 15 is 0 Å². The molecule has 1 unspecified atom stereocenters. The van der Waals surface area contributed by atoms with Crippen molar-refractivity contribution < 1.29 is 14.7 Å². The molecule has 30 heavy (non-hydrogen) atoms. The molecule has 0 heterocycles. The number of nitrogens with zero attached hydrogens (tertiary/aromatic N) is 1. The number of carbonyl (C=O) groups is 2. The van der Waals surface area contributed by atoms with Gasteiger partial charge in [0.15, 0.2) is 0 Å². The Morgan fingerprint density at radius 2 is 1.53 bits per heavy atom. The zero-order chi connectivity index (χ0) is 21.9. The molecule has 0 aliphatic heterocycles. The lowest BCUT2D eigenvalue weighted by Crippen LogP contribution is -2.49. The molecule has 162 valence electrons. The van der Waals surface area contributed by atoms with Crippen LogP contribution in [0.15, 0.2) is 60.7 Å². The van der Waals surface area contributed by atoms with E-state index < -0.39 is 12.0 Å². The largest absolute Gasteiger partial charge is 0.480 e. The van der Waals surface area contributed by atoms with Crippen molar-refractivity contribution in [3.8, 4) is 0 Å². The molecule has 6 heteroatoms. The smallest absolute Gasteiger partial charge is 0.325 e. The van der Waals surface area contributed by atoms with Crippen molar-refractivity contribution in [1.82, 2.24) is 10.2 Å². The van der Waals surface area contributed by atoms with Gasteiger partial charge in [0.1, 0.15) is 6.04 Å². The Morgan fingerprint density at radius 3 is 2.07 bits per heavy atom. The molecular weight excluding hydrogens is 396 g/mol. The van der Waals surface area contributed by atoms with E-state index in [2.05, 4.69) is 31.3 Å². The van der Waals surface area contributed by atoms with Crippen molar-refractivity contribution >= 4 is 23.8 Å². The predicted octanol–water partition coefficient (Wildman–Crippen LogP) is 4.67. The minimum absolute atomic E-state index is 0.242. The number of carboxylic acid groups (broad SMARTS) is 1. The van der Waals surface area contributed by atoms with E-state index in [-0.39, 0.29) is 11.3 Å². The van der Waals surface area contributed by atoms with Crippen LogP contribution in [-0.2, 0) is 17.0 Å². The number of hydrogen-bond acceptors (Lipinski definition) is 3. The van der Waals surface area contributed by atoms with Crippen molar-refractivity contribution in [1.29, 1.82) is 0 Å². The number of carbonyl (C=O) groups excluding carboxylic acids is 1. The van der Waals surface area contributed by atoms with Gasteiger partial charge < -0.3 is 15.3 Å². The van der Waals surface area contributed by atoms with Crippen LogP contribution < -0.4 is 5.32 Å². The summed E-state index contributed by atoms with van der Waals surface area (Å²) < 4.78 is 0. The standard InChI is InChI=1S/C24H32N2O3S/c1-18(2)22(30-17-21-12-8-5-9-13-21)16-26(24(29)25-19(3)23(27)28)15-14-20-10-6-4-7-11-20/h4-13,18-19,22H,14-17H2,1-3H3,(H,25,29)(H,27,28)/t19-,22?/m0/s1. The molecule has 5 nitrogen and oxygen atoms in total. The molecule has 0 bridgehead atoms. The Bertz CT molecular complexity index is 784. The average Bonchev–Trinajstić information content (AvgIpc) is 2.74. The van der Waals surface area contributed by atoms with Crippen LogP contribution in [0.4, 0.5) is 4.79 Å². The highest BCUT2D eigenvalue weighted by atomic mass is 32.2. The highest BCUT2D eigenvalue weighted by Gasteiger charge is 2.24. The molecule has 0 aliphatic rings. The average molecular weight is 429 g/mol. The summed E-state index contributed by atoms with van der Waals surface area (Å²) in [5, 5.41) is 12.0. The predicted molar refractivity (Wildman–Crippen MR) is 124 cm³/mol. The number of carboxylic acids is 1. The first-order valence-electron chi connectivity index (χ1n) is 10.3. The summed E-state index contributed by atoms with van der Waals surface area (Å²) in [5.41, 5.74) is 2.41. The maximum atomic E-state index is 12.9. The third-order valence-corrected chi connectivity index (χ3v) is 6.58. The zero-order valence-corrected chi connectivity index (χ0v) is 18.8. The number of benzene rings is 2. The van der Waals surface area contributed by atoms with Gasteiger partial charge in [-0.2, -0.15) is 11.8 Å². The third-order valence-electron chi connectivity index (χ3n) is 4.96. The van der Waals surface area contributed by atoms with E-state index in [1.54, 1.807) is 4.90 Å². The summed E-state index contributed by atoms with van der Waals surface area (Å²) in [6.45, 7) is 6.92. The highest BCUT2D eigenvalue weighted by molar-refractivity contribution is 7.99. The zero-order valence-electron chi connectivity index (χ0n) is 18.0. The van der Waals surface area contributed by atoms with Gasteiger partial charge in [0.25, 0.3) is 0 Å². The second-order valence-corrected chi connectivity index (χ2v) is 9.00. The fourth-order valence-electron chi connectivity index (χ4n) is 2.97. The van der Waals surface area contributed by atoms with Gasteiger partial charge in [-0.05, 0) is 30.4 Å². The summed E-state index contributed by atoms with van der Waals surface area (Å²) in [4.78, 5) is 25.8. The minimum Gasteiger partial charge on any atom is -0.480 e. The van der Waals surface area contributed by atoms with Crippen LogP contribution >= 0.6 is 11.8 Å². The highest BCUT2D eigenvalue weighted by Crippen LogP contribution is 2.25. The van der Waals surface area contributed by atoms with Crippen molar-refractivity contribution in [2.45, 2.75) is 44.2 Å². The van der Waals surface area contributed by atoms with E-state index in [1.165, 1.54) is 12.5 Å². The maximum Gasteiger partial charge on any atom is 0.325 e. The summed E-state index contributed by atoms with van der Waals surface area (Å²) in [7, 11) is 0. The molecule has 2 aromatic carbocycles. The lowest BCUT2D eigenvalue weighted by Gasteiger charge is -2.30. The number of aliphatic carboxylic acids is 1. The Hall–Kier alpha value is -2.47. The first kappa shape index (κ1) is 23.8. The van der Waals surface area contributed by atoms with Crippen LogP contribution in [0.2, 0.25) is 0 Å². The van der Waals surface area contributed by atoms with Gasteiger partial charge in [-0.1, -0.05) is 74.5 Å². The van der Waals surface area contributed by atoms with Crippen LogP contribution in [0.1, 0.15) is 31.9 Å². The number of thioether (sulfide) groups is 1. The van der Waals surface area contributed by atoms with Crippen LogP contribution in [0.25, 0.3) is 0 Å². The number of nitrogens with one attached hydrogen (secondary N) is 1. The SMILES string of the molecule is CC(C)C(CN(CCc1ccccc1)C(=O)N[C@@H](C)C(=O)O)SCc1ccccc1. The first-order valence-corrected chi connectivity index (χ1v) is 11.4. The molecule has 0 aromatic heterocycles. The Labute approximate surface area is 183 Å². The molecule has 0 radical (unpaired) electrons. The Morgan fingerprint density at radius 1 is 0.967 bits per heavy atom. The maximum absolute atomic E-state index is 12.9. The monoisotopic (exact) mass is 428 g/mol. The molecular formula is C24H32N2O3S. The van der Waals surface area contributed by atoms with E-state index in [1.807, 2.05) is 60.3 Å². The lowest BCUT2D eigenvalue weighted by molar-refractivity contribution is -0.138. The minimum atomic E-state index is -1.04. The summed E-state index contributed by atoms with van der Waals surface area (Å²) in [6.07, 6.45) is 0.726. The van der Waals surface area contributed by atoms with E-state index in [4.69, 9.17) is 5.11 Å². The lowest BCUT2D eigenvalue weighted by atomic mass is 10.1. The molecule has 0 fully saturated rings. The van der Waals surface area contributed by atoms with Crippen molar-refractivity contribution in [2.75, 3.05) is 13.1 Å². The Kier molecular flexibility index (Phi) is 9.74. The van der Waals surface area contributed by atoms with Crippen LogP contribution in [0, 0.1) is 5.92 Å². The molecule has 2 atom stereocenters. The van der Waals surface area contributed by atoms with Crippen LogP contribution in [0.5, 0.6) is 0 Å². The van der Waals surface area contributed by atoms with Gasteiger partial charge in [-0.3, -0.25) is 4.79 Å². The quantitative estimate of drug-likeness (QED) is 0.546. The second kappa shape index (κ2) is 12.3. The fraction of sp³-hybridized carbons (Fsp3) is 0.417. The van der Waals surface area contributed by atoms with Gasteiger partial charge in [-0.25, -0.2) is 4.79 Å². The van der Waals surface area contributed by atoms with Gasteiger partial charge in [0.05, 0.1) is 0 Å². The van der Waals surface area contributed by atoms with Crippen molar-refractivity contribution in [3.63, 3.8) is 0 Å². The number of hydrogen-bond donors (Lipinski definition) is 2. The van der Waals surface area contributed by atoms with Crippen LogP contribution in [0.3, 0.4) is 0 Å². The second-order valence-electron chi connectivity index (χ2n) is 7.77. The van der Waals surface area contributed by atoms with E-state index in [9.17, 15) is 9.59 Å². The normalized spacial score (nSPS) is 12.9. The fourth-order valence-corrected chi connectivity index (χ4v) is 4.24. The summed E-state index contributed by atoms with van der Waals surface area (Å²) in [6, 6.07) is 19.1. The van der Waals surface area contributed by atoms with Crippen LogP contribution in [-0.4, -0.2) is 46.4 Å². The molecule has 0 aliphatic carbocycles. The van der Waals surface area contributed by atoms with E-state index in [0.717, 1.165) is 17.7 Å². The topological polar surface area (TPSA) is 69.6 Å². The molecule has 0 saturated heterocycles. The summed E-state index contributed by atoms with van der Waals surface area (Å²) >= 11 is 1.84. The first-order chi connectivity index (χ1) is 14.4. The molecule has 0 saturated carbocycles. The molecule has 2 N–H and O–H groups in total. The molecule has 2 amide bonds. The van der Waals surface area contributed by atoms with Gasteiger partial charge in [-0.15, -0.1) is 0 Å². The van der Waals surface area contributed by atoms with Gasteiger partial charge >= 0.3 is 12.0 Å². The number of amides is 2. The third kappa shape index (κ3) is 8.11. The van der Waals surface area contributed by atoms with Crippen molar-refractivity contribution in [3.05, 3.63) is 71.8 Å². The van der Waals surface area contributed by atoms with Gasteiger partial charge in [0, 0.05) is 24.1 Å². The molecule has 2 rings (SSSR count). The van der Waals surface area contributed by atoms with Gasteiger partial charge in [0.2, 0.25) is 0 Å².